The van der Waals surface area contributed by atoms with E-state index in [1.165, 1.54) is 25.3 Å². The van der Waals surface area contributed by atoms with E-state index in [9.17, 15) is 4.39 Å². The normalized spacial score (nSPS) is 20.9. The highest BCUT2D eigenvalue weighted by Gasteiger charge is 2.34. The van der Waals surface area contributed by atoms with Crippen LogP contribution in [0.3, 0.4) is 0 Å². The van der Waals surface area contributed by atoms with Crippen LogP contribution in [0.25, 0.3) is 0 Å². The summed E-state index contributed by atoms with van der Waals surface area (Å²) >= 11 is 6.33. The standard InChI is InChI=1S/C15H20ClFN2.2ClH/c16-14-5-4-12(17)10-13(14)15(11-2-1-3-11)19-8-6-18-7-9-19;;/h4-5,10-11,15,18H,1-3,6-9H2;2*1H/t15-;;/m1../s1. The first kappa shape index (κ1) is 19.0. The van der Waals surface area contributed by atoms with Gasteiger partial charge >= 0.3 is 0 Å². The molecule has 21 heavy (non-hydrogen) atoms. The molecule has 2 aliphatic rings. The van der Waals surface area contributed by atoms with Crippen LogP contribution in [-0.2, 0) is 0 Å². The third-order valence-electron chi connectivity index (χ3n) is 4.42. The maximum atomic E-state index is 13.6. The molecule has 0 aromatic heterocycles. The zero-order chi connectivity index (χ0) is 13.2. The van der Waals surface area contributed by atoms with Crippen molar-refractivity contribution in [3.05, 3.63) is 34.6 Å². The van der Waals surface area contributed by atoms with E-state index in [1.807, 2.05) is 0 Å². The molecule has 1 aliphatic heterocycles. The van der Waals surface area contributed by atoms with Gasteiger partial charge in [-0.25, -0.2) is 4.39 Å². The fraction of sp³-hybridized carbons (Fsp3) is 0.600. The van der Waals surface area contributed by atoms with E-state index >= 15 is 0 Å². The molecule has 1 heterocycles. The van der Waals surface area contributed by atoms with Gasteiger partial charge < -0.3 is 5.32 Å². The van der Waals surface area contributed by atoms with Gasteiger partial charge in [0.05, 0.1) is 0 Å². The molecule has 6 heteroatoms. The first-order valence-electron chi connectivity index (χ1n) is 7.15. The lowest BCUT2D eigenvalue weighted by Gasteiger charge is -2.43. The molecule has 0 unspecified atom stereocenters. The summed E-state index contributed by atoms with van der Waals surface area (Å²) in [6, 6.07) is 5.06. The minimum atomic E-state index is -0.182. The van der Waals surface area contributed by atoms with Crippen LogP contribution in [0.15, 0.2) is 18.2 Å². The molecule has 120 valence electrons. The highest BCUT2D eigenvalue weighted by molar-refractivity contribution is 6.31. The molecule has 1 N–H and O–H groups in total. The fourth-order valence-electron chi connectivity index (χ4n) is 3.21. The van der Waals surface area contributed by atoms with Crippen molar-refractivity contribution in [3.8, 4) is 0 Å². The molecule has 0 spiro atoms. The van der Waals surface area contributed by atoms with Gasteiger partial charge in [-0.2, -0.15) is 0 Å². The van der Waals surface area contributed by atoms with Crippen LogP contribution in [0.5, 0.6) is 0 Å². The Balaban J connectivity index is 0.00000110. The van der Waals surface area contributed by atoms with Gasteiger partial charge in [-0.1, -0.05) is 18.0 Å². The van der Waals surface area contributed by atoms with Crippen LogP contribution in [-0.4, -0.2) is 31.1 Å². The Kier molecular flexibility index (Phi) is 7.72. The molecule has 0 amide bonds. The molecular formula is C15H22Cl3FN2. The molecule has 0 radical (unpaired) electrons. The molecule has 1 saturated heterocycles. The SMILES string of the molecule is Cl.Cl.Fc1ccc(Cl)c([C@@H](C2CCC2)N2CCNCC2)c1. The van der Waals surface area contributed by atoms with Crippen molar-refractivity contribution >= 4 is 36.4 Å². The largest absolute Gasteiger partial charge is 0.314 e. The molecule has 1 atom stereocenters. The lowest BCUT2D eigenvalue weighted by Crippen LogP contribution is -2.47. The lowest BCUT2D eigenvalue weighted by atomic mass is 9.76. The fourth-order valence-corrected chi connectivity index (χ4v) is 3.44. The summed E-state index contributed by atoms with van der Waals surface area (Å²) in [6.45, 7) is 4.06. The summed E-state index contributed by atoms with van der Waals surface area (Å²) in [7, 11) is 0. The molecule has 1 aromatic carbocycles. The second kappa shape index (κ2) is 8.54. The average Bonchev–Trinajstić information content (AvgIpc) is 2.38. The number of hydrogen-bond acceptors (Lipinski definition) is 2. The summed E-state index contributed by atoms with van der Waals surface area (Å²) in [4.78, 5) is 2.47. The molecule has 1 aromatic rings. The zero-order valence-corrected chi connectivity index (χ0v) is 14.2. The third kappa shape index (κ3) is 4.23. The van der Waals surface area contributed by atoms with E-state index in [4.69, 9.17) is 11.6 Å². The van der Waals surface area contributed by atoms with Crippen LogP contribution in [0.1, 0.15) is 30.9 Å². The van der Waals surface area contributed by atoms with Crippen molar-refractivity contribution in [1.82, 2.24) is 10.2 Å². The third-order valence-corrected chi connectivity index (χ3v) is 4.76. The summed E-state index contributed by atoms with van der Waals surface area (Å²) in [5.74, 6) is 0.455. The second-order valence-corrected chi connectivity index (χ2v) is 5.99. The van der Waals surface area contributed by atoms with Crippen LogP contribution in [0, 0.1) is 11.7 Å². The van der Waals surface area contributed by atoms with Crippen LogP contribution in [0.4, 0.5) is 4.39 Å². The molecule has 3 rings (SSSR count). The van der Waals surface area contributed by atoms with Gasteiger partial charge in [0.1, 0.15) is 5.82 Å². The number of nitrogens with zero attached hydrogens (tertiary/aromatic N) is 1. The van der Waals surface area contributed by atoms with E-state index in [1.54, 1.807) is 12.1 Å². The van der Waals surface area contributed by atoms with Crippen LogP contribution < -0.4 is 5.32 Å². The molecule has 1 saturated carbocycles. The maximum Gasteiger partial charge on any atom is 0.123 e. The average molecular weight is 356 g/mol. The van der Waals surface area contributed by atoms with Crippen molar-refractivity contribution in [2.24, 2.45) is 5.92 Å². The summed E-state index contributed by atoms with van der Waals surface area (Å²) in [5, 5.41) is 4.08. The minimum absolute atomic E-state index is 0. The summed E-state index contributed by atoms with van der Waals surface area (Å²) in [5.41, 5.74) is 0.980. The molecular weight excluding hydrogens is 334 g/mol. The Morgan fingerprint density at radius 3 is 2.43 bits per heavy atom. The molecule has 2 fully saturated rings. The Morgan fingerprint density at radius 2 is 1.86 bits per heavy atom. The van der Waals surface area contributed by atoms with Gasteiger partial charge in [-0.3, -0.25) is 4.90 Å². The minimum Gasteiger partial charge on any atom is -0.314 e. The Bertz CT molecular complexity index is 449. The van der Waals surface area contributed by atoms with E-state index in [-0.39, 0.29) is 30.6 Å². The smallest absolute Gasteiger partial charge is 0.123 e. The van der Waals surface area contributed by atoms with Crippen molar-refractivity contribution < 1.29 is 4.39 Å². The highest BCUT2D eigenvalue weighted by atomic mass is 35.5. The first-order valence-corrected chi connectivity index (χ1v) is 7.53. The number of benzene rings is 1. The Morgan fingerprint density at radius 1 is 1.19 bits per heavy atom. The van der Waals surface area contributed by atoms with Crippen LogP contribution in [0.2, 0.25) is 5.02 Å². The number of halogens is 4. The van der Waals surface area contributed by atoms with E-state index in [0.717, 1.165) is 31.7 Å². The van der Waals surface area contributed by atoms with E-state index in [0.29, 0.717) is 17.0 Å². The predicted molar refractivity (Wildman–Crippen MR) is 90.4 cm³/mol. The highest BCUT2D eigenvalue weighted by Crippen LogP contribution is 2.43. The van der Waals surface area contributed by atoms with Gasteiger partial charge in [-0.15, -0.1) is 24.8 Å². The number of hydrogen-bond donors (Lipinski definition) is 1. The van der Waals surface area contributed by atoms with Crippen molar-refractivity contribution in [2.45, 2.75) is 25.3 Å². The molecule has 1 aliphatic carbocycles. The van der Waals surface area contributed by atoms with Crippen LogP contribution >= 0.6 is 36.4 Å². The monoisotopic (exact) mass is 354 g/mol. The summed E-state index contributed by atoms with van der Waals surface area (Å²) in [6.07, 6.45) is 3.77. The first-order chi connectivity index (χ1) is 9.25. The number of piperazine rings is 1. The quantitative estimate of drug-likeness (QED) is 0.879. The zero-order valence-electron chi connectivity index (χ0n) is 11.9. The molecule has 0 bridgehead atoms. The van der Waals surface area contributed by atoms with Gasteiger partial charge in [0.15, 0.2) is 0 Å². The topological polar surface area (TPSA) is 15.3 Å². The van der Waals surface area contributed by atoms with Gasteiger partial charge in [0, 0.05) is 37.2 Å². The van der Waals surface area contributed by atoms with Crippen molar-refractivity contribution in [3.63, 3.8) is 0 Å². The molecule has 2 nitrogen and oxygen atoms in total. The van der Waals surface area contributed by atoms with Gasteiger partial charge in [0.25, 0.3) is 0 Å². The second-order valence-electron chi connectivity index (χ2n) is 5.59. The van der Waals surface area contributed by atoms with E-state index in [2.05, 4.69) is 10.2 Å². The van der Waals surface area contributed by atoms with Gasteiger partial charge in [0.2, 0.25) is 0 Å². The lowest BCUT2D eigenvalue weighted by molar-refractivity contribution is 0.0836. The Hall–Kier alpha value is -0.0600. The van der Waals surface area contributed by atoms with E-state index < -0.39 is 0 Å². The maximum absolute atomic E-state index is 13.6. The predicted octanol–water partition coefficient (Wildman–Crippen LogP) is 4.07. The summed E-state index contributed by atoms with van der Waals surface area (Å²) < 4.78 is 13.6. The van der Waals surface area contributed by atoms with Crippen molar-refractivity contribution in [2.75, 3.05) is 26.2 Å². The number of nitrogens with one attached hydrogen (secondary N) is 1. The Labute approximate surface area is 143 Å². The van der Waals surface area contributed by atoms with Gasteiger partial charge in [-0.05, 0) is 42.5 Å². The van der Waals surface area contributed by atoms with Crippen molar-refractivity contribution in [1.29, 1.82) is 0 Å². The number of rotatable bonds is 3.